The number of hydrogen-bond donors (Lipinski definition) is 1. The Kier molecular flexibility index (Phi) is 2.26. The third-order valence-corrected chi connectivity index (χ3v) is 2.94. The third-order valence-electron chi connectivity index (χ3n) is 2.94. The van der Waals surface area contributed by atoms with Crippen molar-refractivity contribution in [2.75, 3.05) is 0 Å². The summed E-state index contributed by atoms with van der Waals surface area (Å²) in [6.45, 7) is 0. The molecular formula is C11H10O4. The minimum Gasteiger partial charge on any atom is -0.481 e. The minimum absolute atomic E-state index is 0.143. The quantitative estimate of drug-likeness (QED) is 0.637. The molecule has 0 aliphatic heterocycles. The minimum atomic E-state index is -1.04. The van der Waals surface area contributed by atoms with Gasteiger partial charge < -0.3 is 5.11 Å². The number of fused-ring (bicyclic) bond motifs is 1. The number of ketones is 2. The molecule has 0 aromatic carbocycles. The molecule has 15 heavy (non-hydrogen) atoms. The molecule has 0 fully saturated rings. The van der Waals surface area contributed by atoms with Crippen LogP contribution in [-0.2, 0) is 14.4 Å². The maximum atomic E-state index is 11.6. The predicted molar refractivity (Wildman–Crippen MR) is 51.0 cm³/mol. The highest BCUT2D eigenvalue weighted by Crippen LogP contribution is 2.34. The molecule has 0 amide bonds. The summed E-state index contributed by atoms with van der Waals surface area (Å²) in [5, 5.41) is 8.94. The van der Waals surface area contributed by atoms with Crippen LogP contribution in [0.4, 0.5) is 0 Å². The lowest BCUT2D eigenvalue weighted by molar-refractivity contribution is -0.146. The zero-order valence-corrected chi connectivity index (χ0v) is 7.92. The number of aliphatic carboxylic acids is 1. The Balaban J connectivity index is 2.40. The van der Waals surface area contributed by atoms with Crippen LogP contribution in [0.2, 0.25) is 0 Å². The molecule has 1 N–H and O–H groups in total. The highest BCUT2D eigenvalue weighted by Gasteiger charge is 2.43. The van der Waals surface area contributed by atoms with Gasteiger partial charge in [0.25, 0.3) is 0 Å². The van der Waals surface area contributed by atoms with Crippen LogP contribution in [0, 0.1) is 17.8 Å². The molecule has 0 aromatic heterocycles. The Hall–Kier alpha value is -1.71. The molecule has 0 heterocycles. The molecule has 0 radical (unpaired) electrons. The molecule has 78 valence electrons. The van der Waals surface area contributed by atoms with E-state index in [2.05, 4.69) is 0 Å². The zero-order valence-electron chi connectivity index (χ0n) is 7.92. The van der Waals surface area contributed by atoms with Crippen molar-refractivity contribution in [1.82, 2.24) is 0 Å². The van der Waals surface area contributed by atoms with Gasteiger partial charge in [0.05, 0.1) is 5.92 Å². The van der Waals surface area contributed by atoms with Gasteiger partial charge in [-0.15, -0.1) is 0 Å². The number of carboxylic acid groups (broad SMARTS) is 1. The first-order chi connectivity index (χ1) is 7.11. The van der Waals surface area contributed by atoms with Crippen molar-refractivity contribution in [1.29, 1.82) is 0 Å². The van der Waals surface area contributed by atoms with Crippen LogP contribution >= 0.6 is 0 Å². The molecule has 0 spiro atoms. The molecule has 0 unspecified atom stereocenters. The van der Waals surface area contributed by atoms with Crippen molar-refractivity contribution < 1.29 is 19.5 Å². The molecule has 0 saturated carbocycles. The van der Waals surface area contributed by atoms with E-state index in [1.807, 2.05) is 0 Å². The first-order valence-electron chi connectivity index (χ1n) is 4.76. The lowest BCUT2D eigenvalue weighted by Crippen LogP contribution is -2.41. The van der Waals surface area contributed by atoms with Gasteiger partial charge in [-0.1, -0.05) is 12.2 Å². The third kappa shape index (κ3) is 1.52. The topological polar surface area (TPSA) is 71.4 Å². The predicted octanol–water partition coefficient (Wildman–Crippen LogP) is 0.587. The molecule has 0 bridgehead atoms. The van der Waals surface area contributed by atoms with Gasteiger partial charge in [-0.25, -0.2) is 0 Å². The van der Waals surface area contributed by atoms with Crippen molar-refractivity contribution in [2.45, 2.75) is 6.42 Å². The number of hydrogen-bond acceptors (Lipinski definition) is 3. The average molecular weight is 206 g/mol. The molecule has 2 aliphatic carbocycles. The number of rotatable bonds is 1. The van der Waals surface area contributed by atoms with Crippen LogP contribution < -0.4 is 0 Å². The van der Waals surface area contributed by atoms with Gasteiger partial charge >= 0.3 is 5.97 Å². The maximum absolute atomic E-state index is 11.6. The Labute approximate surface area is 86.3 Å². The lowest BCUT2D eigenvalue weighted by atomic mass is 9.69. The highest BCUT2D eigenvalue weighted by atomic mass is 16.4. The fraction of sp³-hybridized carbons (Fsp3) is 0.364. The molecule has 0 aromatic rings. The monoisotopic (exact) mass is 206 g/mol. The number of allylic oxidation sites excluding steroid dienone is 3. The largest absolute Gasteiger partial charge is 0.481 e. The van der Waals surface area contributed by atoms with Crippen LogP contribution in [0.1, 0.15) is 6.42 Å². The van der Waals surface area contributed by atoms with Crippen molar-refractivity contribution >= 4 is 17.5 Å². The van der Waals surface area contributed by atoms with E-state index >= 15 is 0 Å². The van der Waals surface area contributed by atoms with Crippen LogP contribution in [-0.4, -0.2) is 22.6 Å². The van der Waals surface area contributed by atoms with E-state index in [-0.39, 0.29) is 11.6 Å². The highest BCUT2D eigenvalue weighted by molar-refractivity contribution is 6.08. The summed E-state index contributed by atoms with van der Waals surface area (Å²) in [4.78, 5) is 34.0. The molecule has 2 rings (SSSR count). The average Bonchev–Trinajstić information content (AvgIpc) is 2.23. The van der Waals surface area contributed by atoms with Gasteiger partial charge in [0, 0.05) is 11.8 Å². The first kappa shape index (κ1) is 9.83. The summed E-state index contributed by atoms with van der Waals surface area (Å²) in [6.07, 6.45) is 6.08. The van der Waals surface area contributed by atoms with Crippen LogP contribution in [0.15, 0.2) is 24.3 Å². The summed E-state index contributed by atoms with van der Waals surface area (Å²) < 4.78 is 0. The second kappa shape index (κ2) is 3.46. The summed E-state index contributed by atoms with van der Waals surface area (Å²) in [6, 6.07) is 0. The Bertz CT molecular complexity index is 391. The van der Waals surface area contributed by atoms with Crippen LogP contribution in [0.25, 0.3) is 0 Å². The molecule has 2 aliphatic rings. The molecular weight excluding hydrogens is 196 g/mol. The summed E-state index contributed by atoms with van der Waals surface area (Å²) in [7, 11) is 0. The van der Waals surface area contributed by atoms with Gasteiger partial charge in [-0.05, 0) is 18.6 Å². The van der Waals surface area contributed by atoms with E-state index in [9.17, 15) is 14.4 Å². The van der Waals surface area contributed by atoms with Crippen molar-refractivity contribution in [3.8, 4) is 0 Å². The summed E-state index contributed by atoms with van der Waals surface area (Å²) in [5.41, 5.74) is 0. The van der Waals surface area contributed by atoms with E-state index in [1.54, 1.807) is 6.08 Å². The molecule has 0 saturated heterocycles. The van der Waals surface area contributed by atoms with E-state index in [1.165, 1.54) is 18.2 Å². The number of carboxylic acids is 1. The maximum Gasteiger partial charge on any atom is 0.311 e. The van der Waals surface area contributed by atoms with E-state index in [4.69, 9.17) is 5.11 Å². The van der Waals surface area contributed by atoms with Crippen molar-refractivity contribution in [3.05, 3.63) is 24.3 Å². The Morgan fingerprint density at radius 3 is 2.60 bits per heavy atom. The van der Waals surface area contributed by atoms with Crippen molar-refractivity contribution in [3.63, 3.8) is 0 Å². The smallest absolute Gasteiger partial charge is 0.311 e. The summed E-state index contributed by atoms with van der Waals surface area (Å²) in [5.74, 6) is -3.48. The molecule has 3 atom stereocenters. The van der Waals surface area contributed by atoms with Crippen LogP contribution in [0.5, 0.6) is 0 Å². The fourth-order valence-electron chi connectivity index (χ4n) is 2.19. The first-order valence-corrected chi connectivity index (χ1v) is 4.76. The molecule has 4 nitrogen and oxygen atoms in total. The Morgan fingerprint density at radius 1 is 1.27 bits per heavy atom. The van der Waals surface area contributed by atoms with Crippen LogP contribution in [0.3, 0.4) is 0 Å². The van der Waals surface area contributed by atoms with Gasteiger partial charge in [0.2, 0.25) is 0 Å². The normalized spacial score (nSPS) is 34.0. The standard InChI is InChI=1S/C11H10O4/c12-8-4-5-9(13)10-6(8)2-1-3-7(10)11(14)15/h1,3-7,10H,2H2,(H,14,15)/t6-,7-,10+/m0/s1. The fourth-order valence-corrected chi connectivity index (χ4v) is 2.19. The van der Waals surface area contributed by atoms with Gasteiger partial charge in [0.1, 0.15) is 0 Å². The summed E-state index contributed by atoms with van der Waals surface area (Å²) >= 11 is 0. The number of carbonyl (C=O) groups excluding carboxylic acids is 2. The lowest BCUT2D eigenvalue weighted by Gasteiger charge is -2.31. The Morgan fingerprint density at radius 2 is 1.93 bits per heavy atom. The van der Waals surface area contributed by atoms with Gasteiger partial charge in [0.15, 0.2) is 11.6 Å². The second-order valence-electron chi connectivity index (χ2n) is 3.80. The second-order valence-corrected chi connectivity index (χ2v) is 3.80. The van der Waals surface area contributed by atoms with Gasteiger partial charge in [-0.3, -0.25) is 14.4 Å². The van der Waals surface area contributed by atoms with E-state index < -0.39 is 23.7 Å². The number of carbonyl (C=O) groups is 3. The molecule has 4 heteroatoms. The van der Waals surface area contributed by atoms with E-state index in [0.717, 1.165) is 0 Å². The van der Waals surface area contributed by atoms with E-state index in [0.29, 0.717) is 6.42 Å². The van der Waals surface area contributed by atoms with Gasteiger partial charge in [-0.2, -0.15) is 0 Å². The van der Waals surface area contributed by atoms with Crippen molar-refractivity contribution in [2.24, 2.45) is 17.8 Å². The SMILES string of the molecule is O=C1C=CC(=O)[C@@H]2CC=C[C@H](C(=O)O)[C@H]12. The zero-order chi connectivity index (χ0) is 11.0.